The summed E-state index contributed by atoms with van der Waals surface area (Å²) in [5.41, 5.74) is -0.785. The van der Waals surface area contributed by atoms with Gasteiger partial charge in [0, 0.05) is 0 Å². The van der Waals surface area contributed by atoms with Crippen molar-refractivity contribution in [2.75, 3.05) is 25.5 Å². The fourth-order valence-corrected chi connectivity index (χ4v) is 2.65. The summed E-state index contributed by atoms with van der Waals surface area (Å²) >= 11 is 1.81. The molecule has 5 heteroatoms. The standard InChI is InChI=1S/C10H19NO3S/c1-3-11-10(2,9(12)13)4-5-15-8-6-14-7-8/h8,11H,3-7H2,1-2H3,(H,12,13). The van der Waals surface area contributed by atoms with E-state index in [4.69, 9.17) is 9.84 Å². The Morgan fingerprint density at radius 1 is 1.67 bits per heavy atom. The number of hydrogen-bond acceptors (Lipinski definition) is 4. The van der Waals surface area contributed by atoms with E-state index in [1.54, 1.807) is 18.7 Å². The van der Waals surface area contributed by atoms with E-state index in [0.717, 1.165) is 19.0 Å². The lowest BCUT2D eigenvalue weighted by atomic mass is 9.99. The van der Waals surface area contributed by atoms with Crippen molar-refractivity contribution in [1.82, 2.24) is 5.32 Å². The van der Waals surface area contributed by atoms with Crippen LogP contribution in [-0.4, -0.2) is 47.4 Å². The summed E-state index contributed by atoms with van der Waals surface area (Å²) in [7, 11) is 0. The van der Waals surface area contributed by atoms with Crippen LogP contribution in [0.15, 0.2) is 0 Å². The van der Waals surface area contributed by atoms with Crippen molar-refractivity contribution in [2.45, 2.75) is 31.1 Å². The molecule has 0 aromatic carbocycles. The summed E-state index contributed by atoms with van der Waals surface area (Å²) in [4.78, 5) is 11.1. The Labute approximate surface area is 94.8 Å². The molecule has 0 spiro atoms. The summed E-state index contributed by atoms with van der Waals surface area (Å²) < 4.78 is 5.06. The molecule has 0 saturated carbocycles. The van der Waals surface area contributed by atoms with Crippen molar-refractivity contribution in [3.8, 4) is 0 Å². The van der Waals surface area contributed by atoms with Gasteiger partial charge in [0.05, 0.1) is 18.5 Å². The highest BCUT2D eigenvalue weighted by atomic mass is 32.2. The van der Waals surface area contributed by atoms with Crippen molar-refractivity contribution in [3.05, 3.63) is 0 Å². The molecule has 4 nitrogen and oxygen atoms in total. The normalized spacial score (nSPS) is 20.7. The third-order valence-corrected chi connectivity index (χ3v) is 3.79. The molecule has 0 radical (unpaired) electrons. The van der Waals surface area contributed by atoms with Gasteiger partial charge in [-0.05, 0) is 25.6 Å². The lowest BCUT2D eigenvalue weighted by molar-refractivity contribution is -0.144. The van der Waals surface area contributed by atoms with Crippen LogP contribution >= 0.6 is 11.8 Å². The summed E-state index contributed by atoms with van der Waals surface area (Å²) in [5, 5.41) is 12.7. The van der Waals surface area contributed by atoms with Gasteiger partial charge in [0.1, 0.15) is 5.54 Å². The number of hydrogen-bond donors (Lipinski definition) is 2. The van der Waals surface area contributed by atoms with Gasteiger partial charge in [-0.15, -0.1) is 0 Å². The van der Waals surface area contributed by atoms with Gasteiger partial charge in [-0.1, -0.05) is 6.92 Å². The fraction of sp³-hybridized carbons (Fsp3) is 0.900. The molecule has 88 valence electrons. The van der Waals surface area contributed by atoms with Crippen LogP contribution in [0.2, 0.25) is 0 Å². The van der Waals surface area contributed by atoms with Crippen molar-refractivity contribution >= 4 is 17.7 Å². The minimum atomic E-state index is -0.785. The number of rotatable bonds is 7. The molecule has 0 amide bonds. The van der Waals surface area contributed by atoms with E-state index in [0.29, 0.717) is 18.2 Å². The number of ether oxygens (including phenoxy) is 1. The topological polar surface area (TPSA) is 58.6 Å². The van der Waals surface area contributed by atoms with Crippen molar-refractivity contribution < 1.29 is 14.6 Å². The van der Waals surface area contributed by atoms with Crippen LogP contribution in [0.25, 0.3) is 0 Å². The monoisotopic (exact) mass is 233 g/mol. The number of aliphatic carboxylic acids is 1. The van der Waals surface area contributed by atoms with Crippen molar-refractivity contribution in [2.24, 2.45) is 0 Å². The lowest BCUT2D eigenvalue weighted by Gasteiger charge is -2.29. The minimum Gasteiger partial charge on any atom is -0.480 e. The molecule has 1 unspecified atom stereocenters. The van der Waals surface area contributed by atoms with Gasteiger partial charge in [-0.3, -0.25) is 4.79 Å². The van der Waals surface area contributed by atoms with E-state index in [2.05, 4.69) is 5.32 Å². The highest BCUT2D eigenvalue weighted by Gasteiger charge is 2.32. The first-order valence-electron chi connectivity index (χ1n) is 5.26. The first kappa shape index (κ1) is 12.8. The molecule has 0 aliphatic carbocycles. The number of nitrogens with one attached hydrogen (secondary N) is 1. The molecule has 1 heterocycles. The Bertz CT molecular complexity index is 221. The Hall–Kier alpha value is -0.260. The molecule has 15 heavy (non-hydrogen) atoms. The second-order valence-corrected chi connectivity index (χ2v) is 5.36. The molecule has 1 fully saturated rings. The number of likely N-dealkylation sites (N-methyl/N-ethyl adjacent to an activating group) is 1. The van der Waals surface area contributed by atoms with Gasteiger partial charge in [-0.2, -0.15) is 11.8 Å². The van der Waals surface area contributed by atoms with Crippen LogP contribution in [0.3, 0.4) is 0 Å². The zero-order valence-corrected chi connectivity index (χ0v) is 10.1. The Kier molecular flexibility index (Phi) is 4.89. The fourth-order valence-electron chi connectivity index (χ4n) is 1.40. The van der Waals surface area contributed by atoms with Gasteiger partial charge in [0.15, 0.2) is 0 Å². The molecule has 1 atom stereocenters. The van der Waals surface area contributed by atoms with E-state index >= 15 is 0 Å². The SMILES string of the molecule is CCNC(C)(CCSC1COC1)C(=O)O. The molecule has 1 rings (SSSR count). The van der Waals surface area contributed by atoms with E-state index < -0.39 is 11.5 Å². The van der Waals surface area contributed by atoms with Gasteiger partial charge < -0.3 is 15.2 Å². The minimum absolute atomic E-state index is 0.574. The summed E-state index contributed by atoms with van der Waals surface area (Å²) in [6, 6.07) is 0. The van der Waals surface area contributed by atoms with Crippen LogP contribution in [0, 0.1) is 0 Å². The van der Waals surface area contributed by atoms with E-state index in [1.807, 2.05) is 6.92 Å². The smallest absolute Gasteiger partial charge is 0.323 e. The average molecular weight is 233 g/mol. The maximum atomic E-state index is 11.1. The number of carboxylic acid groups (broad SMARTS) is 1. The van der Waals surface area contributed by atoms with Crippen molar-refractivity contribution in [1.29, 1.82) is 0 Å². The molecular formula is C10H19NO3S. The number of carboxylic acids is 1. The zero-order chi connectivity index (χ0) is 11.3. The number of thioether (sulfide) groups is 1. The molecular weight excluding hydrogens is 214 g/mol. The highest BCUT2D eigenvalue weighted by molar-refractivity contribution is 8.00. The maximum Gasteiger partial charge on any atom is 0.323 e. The third-order valence-electron chi connectivity index (χ3n) is 2.60. The van der Waals surface area contributed by atoms with E-state index in [1.165, 1.54) is 0 Å². The molecule has 1 aliphatic rings. The molecule has 0 aromatic rings. The van der Waals surface area contributed by atoms with Crippen LogP contribution in [0.4, 0.5) is 0 Å². The molecule has 0 bridgehead atoms. The average Bonchev–Trinajstić information content (AvgIpc) is 2.09. The van der Waals surface area contributed by atoms with Gasteiger partial charge in [-0.25, -0.2) is 0 Å². The van der Waals surface area contributed by atoms with E-state index in [-0.39, 0.29) is 0 Å². The Balaban J connectivity index is 2.26. The van der Waals surface area contributed by atoms with E-state index in [9.17, 15) is 4.79 Å². The van der Waals surface area contributed by atoms with Gasteiger partial charge in [0.2, 0.25) is 0 Å². The van der Waals surface area contributed by atoms with Crippen LogP contribution < -0.4 is 5.32 Å². The molecule has 2 N–H and O–H groups in total. The summed E-state index contributed by atoms with van der Waals surface area (Å²) in [6.07, 6.45) is 0.650. The van der Waals surface area contributed by atoms with Gasteiger partial charge >= 0.3 is 5.97 Å². The second kappa shape index (κ2) is 5.72. The molecule has 0 aromatic heterocycles. The molecule has 1 aliphatic heterocycles. The van der Waals surface area contributed by atoms with Gasteiger partial charge in [0.25, 0.3) is 0 Å². The first-order valence-corrected chi connectivity index (χ1v) is 6.31. The summed E-state index contributed by atoms with van der Waals surface area (Å²) in [5.74, 6) is 0.0962. The third kappa shape index (κ3) is 3.66. The Morgan fingerprint density at radius 2 is 2.33 bits per heavy atom. The Morgan fingerprint density at radius 3 is 2.73 bits per heavy atom. The summed E-state index contributed by atoms with van der Waals surface area (Å²) in [6.45, 7) is 5.98. The predicted molar refractivity (Wildman–Crippen MR) is 61.4 cm³/mol. The number of carbonyl (C=O) groups is 1. The first-order chi connectivity index (χ1) is 7.08. The van der Waals surface area contributed by atoms with Crippen LogP contribution in [0.5, 0.6) is 0 Å². The second-order valence-electron chi connectivity index (χ2n) is 3.95. The van der Waals surface area contributed by atoms with Crippen molar-refractivity contribution in [3.63, 3.8) is 0 Å². The quantitative estimate of drug-likeness (QED) is 0.686. The lowest BCUT2D eigenvalue weighted by Crippen LogP contribution is -2.50. The van der Waals surface area contributed by atoms with Crippen LogP contribution in [-0.2, 0) is 9.53 Å². The predicted octanol–water partition coefficient (Wildman–Crippen LogP) is 0.961. The molecule has 1 saturated heterocycles. The maximum absolute atomic E-state index is 11.1. The zero-order valence-electron chi connectivity index (χ0n) is 9.28. The van der Waals surface area contributed by atoms with Crippen LogP contribution in [0.1, 0.15) is 20.3 Å². The highest BCUT2D eigenvalue weighted by Crippen LogP contribution is 2.22. The largest absolute Gasteiger partial charge is 0.480 e.